The highest BCUT2D eigenvalue weighted by molar-refractivity contribution is 6.30. The number of nitrogens with zero attached hydrogens (tertiary/aromatic N) is 3. The zero-order valence-electron chi connectivity index (χ0n) is 15.7. The average molecular weight is 428 g/mol. The van der Waals surface area contributed by atoms with Gasteiger partial charge in [0.1, 0.15) is 0 Å². The summed E-state index contributed by atoms with van der Waals surface area (Å²) >= 11 is 6.01. The van der Waals surface area contributed by atoms with Crippen LogP contribution < -0.4 is 0 Å². The van der Waals surface area contributed by atoms with E-state index in [1.54, 1.807) is 0 Å². The van der Waals surface area contributed by atoms with Crippen molar-refractivity contribution in [2.45, 2.75) is 56.0 Å². The molecular weight excluding hydrogens is 407 g/mol. The minimum absolute atomic E-state index is 0.00213. The molecule has 2 aliphatic rings. The van der Waals surface area contributed by atoms with Crippen LogP contribution in [0.15, 0.2) is 28.7 Å². The van der Waals surface area contributed by atoms with E-state index in [9.17, 15) is 18.0 Å². The quantitative estimate of drug-likeness (QED) is 0.694. The maximum Gasteiger partial charge on any atom is 0.470 e. The van der Waals surface area contributed by atoms with Crippen molar-refractivity contribution in [2.75, 3.05) is 13.1 Å². The van der Waals surface area contributed by atoms with Gasteiger partial charge in [-0.1, -0.05) is 36.6 Å². The van der Waals surface area contributed by atoms with Crippen LogP contribution in [0.4, 0.5) is 13.2 Å². The van der Waals surface area contributed by atoms with E-state index in [1.807, 2.05) is 29.2 Å². The van der Waals surface area contributed by atoms with E-state index in [4.69, 9.17) is 16.0 Å². The largest absolute Gasteiger partial charge is 0.470 e. The van der Waals surface area contributed by atoms with Gasteiger partial charge < -0.3 is 9.32 Å². The van der Waals surface area contributed by atoms with E-state index in [0.717, 1.165) is 31.2 Å². The van der Waals surface area contributed by atoms with E-state index in [2.05, 4.69) is 10.2 Å². The number of piperidine rings is 1. The van der Waals surface area contributed by atoms with Crippen molar-refractivity contribution in [1.82, 2.24) is 15.1 Å². The number of hydrogen-bond acceptors (Lipinski definition) is 4. The van der Waals surface area contributed by atoms with Gasteiger partial charge in [0.25, 0.3) is 0 Å². The third-order valence-electron chi connectivity index (χ3n) is 6.08. The summed E-state index contributed by atoms with van der Waals surface area (Å²) in [5.74, 6) is -1.49. The normalized spacial score (nSPS) is 20.2. The molecule has 1 saturated carbocycles. The number of carbonyl (C=O) groups excluding carboxylic acids is 1. The van der Waals surface area contributed by atoms with Crippen LogP contribution in [0, 0.1) is 0 Å². The standard InChI is InChI=1S/C20H21ClF3N3O2/c21-15-5-3-14(4-6-15)19(9-1-2-10-19)18(28)27-11-7-13(8-12-27)16-25-26-17(29-16)20(22,23)24/h3-6,13H,1-2,7-12H2. The Morgan fingerprint density at radius 1 is 1.10 bits per heavy atom. The number of alkyl halides is 3. The summed E-state index contributed by atoms with van der Waals surface area (Å²) in [6.45, 7) is 0.922. The summed E-state index contributed by atoms with van der Waals surface area (Å²) in [6.07, 6.45) is -0.0583. The lowest BCUT2D eigenvalue weighted by Gasteiger charge is -2.38. The number of carbonyl (C=O) groups is 1. The van der Waals surface area contributed by atoms with Crippen molar-refractivity contribution in [2.24, 2.45) is 0 Å². The fourth-order valence-corrected chi connectivity index (χ4v) is 4.65. The molecule has 29 heavy (non-hydrogen) atoms. The molecule has 1 aromatic heterocycles. The first-order valence-electron chi connectivity index (χ1n) is 9.76. The molecule has 1 aliphatic carbocycles. The maximum absolute atomic E-state index is 13.5. The smallest absolute Gasteiger partial charge is 0.417 e. The highest BCUT2D eigenvalue weighted by atomic mass is 35.5. The van der Waals surface area contributed by atoms with E-state index < -0.39 is 17.5 Å². The molecule has 1 saturated heterocycles. The SMILES string of the molecule is O=C(N1CCC(c2nnc(C(F)(F)F)o2)CC1)C1(c2ccc(Cl)cc2)CCCC1. The van der Waals surface area contributed by atoms with Crippen molar-refractivity contribution in [3.63, 3.8) is 0 Å². The molecule has 0 spiro atoms. The molecule has 0 unspecified atom stereocenters. The number of aromatic nitrogens is 2. The van der Waals surface area contributed by atoms with Crippen molar-refractivity contribution in [3.8, 4) is 0 Å². The molecule has 0 atom stereocenters. The van der Waals surface area contributed by atoms with E-state index in [-0.39, 0.29) is 17.7 Å². The monoisotopic (exact) mass is 427 g/mol. The Bertz CT molecular complexity index is 868. The van der Waals surface area contributed by atoms with Gasteiger partial charge in [-0.25, -0.2) is 0 Å². The topological polar surface area (TPSA) is 59.2 Å². The molecular formula is C20H21ClF3N3O2. The number of hydrogen-bond donors (Lipinski definition) is 0. The zero-order chi connectivity index (χ0) is 20.6. The van der Waals surface area contributed by atoms with Crippen molar-refractivity contribution >= 4 is 17.5 Å². The number of amides is 1. The molecule has 0 radical (unpaired) electrons. The lowest BCUT2D eigenvalue weighted by Crippen LogP contribution is -2.48. The molecule has 1 amide bonds. The summed E-state index contributed by atoms with van der Waals surface area (Å²) in [4.78, 5) is 15.3. The molecule has 0 N–H and O–H groups in total. The van der Waals surface area contributed by atoms with E-state index in [1.165, 1.54) is 0 Å². The number of benzene rings is 1. The Morgan fingerprint density at radius 3 is 2.28 bits per heavy atom. The highest BCUT2D eigenvalue weighted by Crippen LogP contribution is 2.44. The predicted octanol–water partition coefficient (Wildman–Crippen LogP) is 4.96. The second kappa shape index (κ2) is 7.63. The Hall–Kier alpha value is -2.09. The van der Waals surface area contributed by atoms with Crippen LogP contribution in [0.3, 0.4) is 0 Å². The third kappa shape index (κ3) is 3.86. The summed E-state index contributed by atoms with van der Waals surface area (Å²) < 4.78 is 42.9. The summed E-state index contributed by atoms with van der Waals surface area (Å²) in [5.41, 5.74) is 0.448. The second-order valence-corrected chi connectivity index (χ2v) is 8.24. The molecule has 2 aromatic rings. The first-order valence-corrected chi connectivity index (χ1v) is 10.1. The molecule has 5 nitrogen and oxygen atoms in total. The molecule has 156 valence electrons. The molecule has 2 heterocycles. The summed E-state index contributed by atoms with van der Waals surface area (Å²) in [6, 6.07) is 7.47. The fraction of sp³-hybridized carbons (Fsp3) is 0.550. The Balaban J connectivity index is 1.46. The number of rotatable bonds is 3. The van der Waals surface area contributed by atoms with Gasteiger partial charge in [0.15, 0.2) is 0 Å². The number of halogens is 4. The van der Waals surface area contributed by atoms with Crippen molar-refractivity contribution in [1.29, 1.82) is 0 Å². The Morgan fingerprint density at radius 2 is 1.72 bits per heavy atom. The highest BCUT2D eigenvalue weighted by Gasteiger charge is 2.46. The van der Waals surface area contributed by atoms with Crippen molar-refractivity contribution < 1.29 is 22.4 Å². The fourth-order valence-electron chi connectivity index (χ4n) is 4.52. The van der Waals surface area contributed by atoms with Crippen LogP contribution in [0.1, 0.15) is 61.8 Å². The van der Waals surface area contributed by atoms with Crippen LogP contribution in [0.5, 0.6) is 0 Å². The lowest BCUT2D eigenvalue weighted by molar-refractivity contribution is -0.157. The first-order chi connectivity index (χ1) is 13.8. The van der Waals surface area contributed by atoms with Crippen LogP contribution >= 0.6 is 11.6 Å². The van der Waals surface area contributed by atoms with E-state index in [0.29, 0.717) is 31.0 Å². The van der Waals surface area contributed by atoms with Gasteiger partial charge in [-0.2, -0.15) is 13.2 Å². The minimum Gasteiger partial charge on any atom is -0.417 e. The van der Waals surface area contributed by atoms with Crippen LogP contribution in [-0.4, -0.2) is 34.1 Å². The van der Waals surface area contributed by atoms with Gasteiger partial charge >= 0.3 is 12.1 Å². The molecule has 1 aromatic carbocycles. The molecule has 9 heteroatoms. The second-order valence-electron chi connectivity index (χ2n) is 7.81. The van der Waals surface area contributed by atoms with Gasteiger partial charge in [0.2, 0.25) is 11.8 Å². The summed E-state index contributed by atoms with van der Waals surface area (Å²) in [5, 5.41) is 7.31. The van der Waals surface area contributed by atoms with Gasteiger partial charge in [-0.3, -0.25) is 4.79 Å². The van der Waals surface area contributed by atoms with Crippen LogP contribution in [0.25, 0.3) is 0 Å². The van der Waals surface area contributed by atoms with Gasteiger partial charge in [0, 0.05) is 24.0 Å². The number of likely N-dealkylation sites (tertiary alicyclic amines) is 1. The Kier molecular flexibility index (Phi) is 5.31. The zero-order valence-corrected chi connectivity index (χ0v) is 16.5. The van der Waals surface area contributed by atoms with Gasteiger partial charge in [-0.15, -0.1) is 10.2 Å². The average Bonchev–Trinajstić information content (AvgIpc) is 3.39. The molecule has 2 fully saturated rings. The third-order valence-corrected chi connectivity index (χ3v) is 6.33. The van der Waals surface area contributed by atoms with Crippen LogP contribution in [0.2, 0.25) is 5.02 Å². The first kappa shape index (κ1) is 20.2. The van der Waals surface area contributed by atoms with Gasteiger partial charge in [0.05, 0.1) is 5.41 Å². The van der Waals surface area contributed by atoms with Crippen molar-refractivity contribution in [3.05, 3.63) is 46.6 Å². The predicted molar refractivity (Wildman–Crippen MR) is 99.5 cm³/mol. The lowest BCUT2D eigenvalue weighted by atomic mass is 9.77. The van der Waals surface area contributed by atoms with E-state index >= 15 is 0 Å². The maximum atomic E-state index is 13.5. The minimum atomic E-state index is -4.64. The molecule has 1 aliphatic heterocycles. The Labute approximate surface area is 171 Å². The summed E-state index contributed by atoms with van der Waals surface area (Å²) in [7, 11) is 0. The van der Waals surface area contributed by atoms with Gasteiger partial charge in [-0.05, 0) is 43.4 Å². The molecule has 4 rings (SSSR count). The van der Waals surface area contributed by atoms with Crippen LogP contribution in [-0.2, 0) is 16.4 Å². The molecule has 0 bridgehead atoms.